The zero-order valence-electron chi connectivity index (χ0n) is 13.9. The molecule has 1 amide bonds. The number of carbonyl (C=O) groups is 1. The van der Waals surface area contributed by atoms with Gasteiger partial charge in [0.1, 0.15) is 9.77 Å². The molecule has 0 spiro atoms. The van der Waals surface area contributed by atoms with E-state index in [9.17, 15) is 13.2 Å². The SMILES string of the molecule is O=C(NCCCn1cccn1)c1sccc1S(=O)(=O)N1CCCCC1. The Hall–Kier alpha value is -1.71. The van der Waals surface area contributed by atoms with E-state index in [4.69, 9.17) is 0 Å². The molecule has 0 aliphatic carbocycles. The zero-order valence-corrected chi connectivity index (χ0v) is 15.6. The van der Waals surface area contributed by atoms with E-state index in [1.165, 1.54) is 21.7 Å². The van der Waals surface area contributed by atoms with Gasteiger partial charge in [0.05, 0.1) is 0 Å². The molecule has 1 fully saturated rings. The Kier molecular flexibility index (Phi) is 5.87. The normalized spacial score (nSPS) is 16.0. The topological polar surface area (TPSA) is 84.3 Å². The van der Waals surface area contributed by atoms with Crippen molar-refractivity contribution in [1.29, 1.82) is 0 Å². The Bertz CT molecular complexity index is 793. The van der Waals surface area contributed by atoms with E-state index >= 15 is 0 Å². The number of hydrogen-bond donors (Lipinski definition) is 1. The van der Waals surface area contributed by atoms with Gasteiger partial charge in [0.25, 0.3) is 5.91 Å². The van der Waals surface area contributed by atoms with Crippen molar-refractivity contribution in [3.05, 3.63) is 34.8 Å². The molecule has 0 atom stereocenters. The minimum atomic E-state index is -3.59. The first-order valence-electron chi connectivity index (χ1n) is 8.42. The summed E-state index contributed by atoms with van der Waals surface area (Å²) in [5.41, 5.74) is 0. The standard InChI is InChI=1S/C16H22N4O3S2/c21-16(17-7-4-9-19-10-5-8-18-19)15-14(6-13-24-15)25(22,23)20-11-2-1-3-12-20/h5-6,8,10,13H,1-4,7,9,11-12H2,(H,17,21). The lowest BCUT2D eigenvalue weighted by Gasteiger charge is -2.25. The second kappa shape index (κ2) is 8.11. The van der Waals surface area contributed by atoms with Crippen molar-refractivity contribution in [2.75, 3.05) is 19.6 Å². The van der Waals surface area contributed by atoms with Crippen LogP contribution in [-0.2, 0) is 16.6 Å². The molecule has 3 rings (SSSR count). The van der Waals surface area contributed by atoms with Gasteiger partial charge in [0, 0.05) is 38.6 Å². The van der Waals surface area contributed by atoms with Crippen molar-refractivity contribution < 1.29 is 13.2 Å². The van der Waals surface area contributed by atoms with E-state index in [2.05, 4.69) is 10.4 Å². The van der Waals surface area contributed by atoms with Gasteiger partial charge in [0.2, 0.25) is 10.0 Å². The maximum atomic E-state index is 12.8. The number of carbonyl (C=O) groups excluding carboxylic acids is 1. The molecule has 0 radical (unpaired) electrons. The van der Waals surface area contributed by atoms with Gasteiger partial charge in [-0.05, 0) is 36.8 Å². The van der Waals surface area contributed by atoms with Crippen LogP contribution in [0.4, 0.5) is 0 Å². The van der Waals surface area contributed by atoms with Crippen LogP contribution in [0.3, 0.4) is 0 Å². The van der Waals surface area contributed by atoms with E-state index in [0.29, 0.717) is 26.2 Å². The molecule has 0 saturated carbocycles. The monoisotopic (exact) mass is 382 g/mol. The lowest BCUT2D eigenvalue weighted by atomic mass is 10.2. The number of amides is 1. The number of nitrogens with one attached hydrogen (secondary N) is 1. The summed E-state index contributed by atoms with van der Waals surface area (Å²) in [7, 11) is -3.59. The Labute approximate surface area is 151 Å². The Morgan fingerprint density at radius 1 is 1.28 bits per heavy atom. The number of thiophene rings is 1. The minimum Gasteiger partial charge on any atom is -0.351 e. The molecule has 2 aromatic heterocycles. The molecule has 0 bridgehead atoms. The van der Waals surface area contributed by atoms with E-state index in [-0.39, 0.29) is 15.7 Å². The summed E-state index contributed by atoms with van der Waals surface area (Å²) in [5.74, 6) is -0.328. The lowest BCUT2D eigenvalue weighted by Crippen LogP contribution is -2.36. The molecule has 1 aliphatic rings. The summed E-state index contributed by atoms with van der Waals surface area (Å²) in [4.78, 5) is 12.8. The van der Waals surface area contributed by atoms with E-state index < -0.39 is 10.0 Å². The molecule has 1 aliphatic heterocycles. The molecular formula is C16H22N4O3S2. The zero-order chi connectivity index (χ0) is 17.7. The third kappa shape index (κ3) is 4.28. The molecule has 1 N–H and O–H groups in total. The van der Waals surface area contributed by atoms with Crippen molar-refractivity contribution >= 4 is 27.3 Å². The highest BCUT2D eigenvalue weighted by molar-refractivity contribution is 7.89. The van der Waals surface area contributed by atoms with Gasteiger partial charge in [-0.25, -0.2) is 8.42 Å². The predicted molar refractivity (Wildman–Crippen MR) is 96.1 cm³/mol. The van der Waals surface area contributed by atoms with Gasteiger partial charge < -0.3 is 5.32 Å². The quantitative estimate of drug-likeness (QED) is 0.742. The van der Waals surface area contributed by atoms with Gasteiger partial charge in [-0.2, -0.15) is 9.40 Å². The van der Waals surface area contributed by atoms with Crippen LogP contribution in [0.15, 0.2) is 34.8 Å². The highest BCUT2D eigenvalue weighted by Gasteiger charge is 2.30. The summed E-state index contributed by atoms with van der Waals surface area (Å²) in [6.45, 7) is 2.24. The van der Waals surface area contributed by atoms with Crippen LogP contribution in [0.5, 0.6) is 0 Å². The van der Waals surface area contributed by atoms with Crippen LogP contribution in [0.2, 0.25) is 0 Å². The van der Waals surface area contributed by atoms with Gasteiger partial charge in [-0.3, -0.25) is 9.48 Å². The molecular weight excluding hydrogens is 360 g/mol. The Balaban J connectivity index is 1.61. The third-order valence-electron chi connectivity index (χ3n) is 4.18. The first kappa shape index (κ1) is 18.1. The van der Waals surface area contributed by atoms with Crippen LogP contribution >= 0.6 is 11.3 Å². The molecule has 0 unspecified atom stereocenters. The number of hydrogen-bond acceptors (Lipinski definition) is 5. The van der Waals surface area contributed by atoms with Crippen LogP contribution < -0.4 is 5.32 Å². The number of nitrogens with zero attached hydrogens (tertiary/aromatic N) is 3. The van der Waals surface area contributed by atoms with Crippen molar-refractivity contribution in [3.63, 3.8) is 0 Å². The fourth-order valence-corrected chi connectivity index (χ4v) is 5.70. The highest BCUT2D eigenvalue weighted by atomic mass is 32.2. The Morgan fingerprint density at radius 3 is 2.80 bits per heavy atom. The van der Waals surface area contributed by atoms with Crippen LogP contribution in [-0.4, -0.2) is 48.0 Å². The van der Waals surface area contributed by atoms with Crippen LogP contribution in [0, 0.1) is 0 Å². The highest BCUT2D eigenvalue weighted by Crippen LogP contribution is 2.27. The summed E-state index contributed by atoms with van der Waals surface area (Å²) in [6, 6.07) is 3.38. The van der Waals surface area contributed by atoms with Crippen molar-refractivity contribution in [2.45, 2.75) is 37.1 Å². The smallest absolute Gasteiger partial charge is 0.262 e. The molecule has 0 aromatic carbocycles. The number of sulfonamides is 1. The molecule has 25 heavy (non-hydrogen) atoms. The molecule has 1 saturated heterocycles. The van der Waals surface area contributed by atoms with Crippen molar-refractivity contribution in [2.24, 2.45) is 0 Å². The van der Waals surface area contributed by atoms with Gasteiger partial charge in [-0.15, -0.1) is 11.3 Å². The number of aryl methyl sites for hydroxylation is 1. The number of piperidine rings is 1. The fraction of sp³-hybridized carbons (Fsp3) is 0.500. The first-order valence-corrected chi connectivity index (χ1v) is 10.7. The third-order valence-corrected chi connectivity index (χ3v) is 7.16. The van der Waals surface area contributed by atoms with E-state index in [0.717, 1.165) is 25.7 Å². The number of aromatic nitrogens is 2. The average molecular weight is 383 g/mol. The summed E-state index contributed by atoms with van der Waals surface area (Å²) < 4.78 is 28.9. The van der Waals surface area contributed by atoms with Crippen LogP contribution in [0.25, 0.3) is 0 Å². The lowest BCUT2D eigenvalue weighted by molar-refractivity contribution is 0.0953. The van der Waals surface area contributed by atoms with Crippen LogP contribution in [0.1, 0.15) is 35.4 Å². The summed E-state index contributed by atoms with van der Waals surface area (Å²) in [6.07, 6.45) is 7.11. The number of rotatable bonds is 7. The second-order valence-electron chi connectivity index (χ2n) is 5.96. The fourth-order valence-electron chi connectivity index (χ4n) is 2.87. The largest absolute Gasteiger partial charge is 0.351 e. The minimum absolute atomic E-state index is 0.129. The van der Waals surface area contributed by atoms with Gasteiger partial charge in [-0.1, -0.05) is 6.42 Å². The molecule has 9 heteroatoms. The molecule has 2 aromatic rings. The summed E-state index contributed by atoms with van der Waals surface area (Å²) >= 11 is 1.17. The van der Waals surface area contributed by atoms with E-state index in [1.807, 2.05) is 12.3 Å². The van der Waals surface area contributed by atoms with Crippen molar-refractivity contribution in [1.82, 2.24) is 19.4 Å². The molecule has 3 heterocycles. The molecule has 7 nitrogen and oxygen atoms in total. The van der Waals surface area contributed by atoms with Gasteiger partial charge >= 0.3 is 0 Å². The first-order chi connectivity index (χ1) is 12.1. The van der Waals surface area contributed by atoms with Crippen molar-refractivity contribution in [3.8, 4) is 0 Å². The summed E-state index contributed by atoms with van der Waals surface area (Å²) in [5, 5.41) is 8.57. The average Bonchev–Trinajstić information content (AvgIpc) is 3.31. The Morgan fingerprint density at radius 2 is 2.08 bits per heavy atom. The maximum absolute atomic E-state index is 12.8. The van der Waals surface area contributed by atoms with E-state index in [1.54, 1.807) is 16.3 Å². The second-order valence-corrected chi connectivity index (χ2v) is 8.78. The molecule has 136 valence electrons. The maximum Gasteiger partial charge on any atom is 0.262 e. The predicted octanol–water partition coefficient (Wildman–Crippen LogP) is 1.94. The van der Waals surface area contributed by atoms with Gasteiger partial charge in [0.15, 0.2) is 0 Å².